The van der Waals surface area contributed by atoms with Gasteiger partial charge in [0.1, 0.15) is 5.75 Å². The highest BCUT2D eigenvalue weighted by atomic mass is 16.5. The van der Waals surface area contributed by atoms with Crippen LogP contribution in [-0.4, -0.2) is 84.4 Å². The first-order valence-corrected chi connectivity index (χ1v) is 16.9. The summed E-state index contributed by atoms with van der Waals surface area (Å²) in [7, 11) is 1.73. The van der Waals surface area contributed by atoms with Gasteiger partial charge in [-0.05, 0) is 76.3 Å². The first-order valence-electron chi connectivity index (χ1n) is 16.9. The van der Waals surface area contributed by atoms with Crippen molar-refractivity contribution < 1.29 is 29.0 Å². The predicted octanol–water partition coefficient (Wildman–Crippen LogP) is 6.16. The maximum absolute atomic E-state index is 14.3. The molecule has 1 fully saturated rings. The Kier molecular flexibility index (Phi) is 13.3. The number of aliphatic hydroxyl groups excluding tert-OH is 1. The Bertz CT molecular complexity index is 1280. The van der Waals surface area contributed by atoms with Gasteiger partial charge in [0, 0.05) is 50.0 Å². The molecule has 0 saturated heterocycles. The van der Waals surface area contributed by atoms with Gasteiger partial charge < -0.3 is 35.0 Å². The summed E-state index contributed by atoms with van der Waals surface area (Å²) < 4.78 is 12.7. The van der Waals surface area contributed by atoms with Gasteiger partial charge in [-0.3, -0.25) is 9.59 Å². The third-order valence-corrected chi connectivity index (χ3v) is 9.12. The van der Waals surface area contributed by atoms with Crippen LogP contribution in [0.3, 0.4) is 0 Å². The van der Waals surface area contributed by atoms with Crippen molar-refractivity contribution in [2.24, 2.45) is 11.8 Å². The first kappa shape index (κ1) is 35.2. The van der Waals surface area contributed by atoms with Crippen LogP contribution in [0.25, 0.3) is 0 Å². The molecule has 10 nitrogen and oxygen atoms in total. The molecule has 0 unspecified atom stereocenters. The maximum atomic E-state index is 14.3. The lowest BCUT2D eigenvalue weighted by Crippen LogP contribution is -2.48. The largest absolute Gasteiger partial charge is 0.490 e. The van der Waals surface area contributed by atoms with E-state index in [0.29, 0.717) is 35.8 Å². The Morgan fingerprint density at radius 1 is 0.978 bits per heavy atom. The topological polar surface area (TPSA) is 120 Å². The smallest absolute Gasteiger partial charge is 0.321 e. The minimum atomic E-state index is -0.492. The van der Waals surface area contributed by atoms with Crippen molar-refractivity contribution in [1.82, 2.24) is 9.80 Å². The van der Waals surface area contributed by atoms with Gasteiger partial charge in [0.2, 0.25) is 5.91 Å². The molecule has 3 N–H and O–H groups in total. The van der Waals surface area contributed by atoms with Gasteiger partial charge in [-0.2, -0.15) is 0 Å². The second-order valence-electron chi connectivity index (χ2n) is 13.0. The third kappa shape index (κ3) is 9.93. The Morgan fingerprint density at radius 2 is 1.70 bits per heavy atom. The molecule has 0 bridgehead atoms. The molecule has 4 amide bonds. The first-order chi connectivity index (χ1) is 22.2. The van der Waals surface area contributed by atoms with E-state index < -0.39 is 6.04 Å². The zero-order chi connectivity index (χ0) is 33.1. The van der Waals surface area contributed by atoms with E-state index in [1.807, 2.05) is 44.2 Å². The van der Waals surface area contributed by atoms with Crippen LogP contribution >= 0.6 is 0 Å². The number of urea groups is 1. The molecule has 0 radical (unpaired) electrons. The summed E-state index contributed by atoms with van der Waals surface area (Å²) in [5, 5.41) is 16.2. The van der Waals surface area contributed by atoms with Crippen molar-refractivity contribution in [3.05, 3.63) is 54.1 Å². The monoisotopic (exact) mass is 636 g/mol. The molecule has 2 aromatic rings. The van der Waals surface area contributed by atoms with Crippen molar-refractivity contribution in [3.63, 3.8) is 0 Å². The van der Waals surface area contributed by atoms with Crippen molar-refractivity contribution in [2.45, 2.75) is 90.4 Å². The van der Waals surface area contributed by atoms with E-state index >= 15 is 0 Å². The Balaban J connectivity index is 1.58. The molecular formula is C36H52N4O6. The van der Waals surface area contributed by atoms with Gasteiger partial charge in [0.15, 0.2) is 0 Å². The molecule has 1 heterocycles. The van der Waals surface area contributed by atoms with Crippen molar-refractivity contribution in [3.8, 4) is 5.75 Å². The van der Waals surface area contributed by atoms with E-state index in [9.17, 15) is 19.5 Å². The number of benzene rings is 2. The Hall–Kier alpha value is -3.63. The lowest BCUT2D eigenvalue weighted by molar-refractivity contribution is -0.120. The van der Waals surface area contributed by atoms with Gasteiger partial charge in [0.05, 0.1) is 30.4 Å². The summed E-state index contributed by atoms with van der Waals surface area (Å²) >= 11 is 0. The number of rotatable bonds is 7. The summed E-state index contributed by atoms with van der Waals surface area (Å²) in [6.45, 7) is 6.69. The van der Waals surface area contributed by atoms with Crippen LogP contribution in [-0.2, 0) is 9.53 Å². The molecule has 46 heavy (non-hydrogen) atoms. The SMILES string of the molecule is C[C@H](CO)N1C[C@H](C)[C@H](CN(C)C(=O)Nc2ccccc2)OCCCC[C@H](C)Oc2ccc(NC(=O)C3CCCCC3)cc2C1=O. The average molecular weight is 637 g/mol. The van der Waals surface area contributed by atoms with E-state index in [4.69, 9.17) is 9.47 Å². The average Bonchev–Trinajstić information content (AvgIpc) is 3.06. The van der Waals surface area contributed by atoms with Gasteiger partial charge in [0.25, 0.3) is 5.91 Å². The number of hydrogen-bond acceptors (Lipinski definition) is 6. The standard InChI is InChI=1S/C36H52N4O6/c1-25-22-40(26(2)24-41)35(43)31-21-30(37-34(42)28-14-7-5-8-15-28)18-19-32(31)46-27(3)13-11-12-20-45-33(25)23-39(4)36(44)38-29-16-9-6-10-17-29/h6,9-10,16-19,21,25-28,33,41H,5,7-8,11-15,20,22-24H2,1-4H3,(H,37,42)(H,38,44)/t25-,26+,27-,33-/m0/s1. The molecule has 1 aliphatic carbocycles. The van der Waals surface area contributed by atoms with E-state index in [-0.39, 0.29) is 55.0 Å². The number of nitrogens with one attached hydrogen (secondary N) is 2. The number of fused-ring (bicyclic) bond motifs is 1. The van der Waals surface area contributed by atoms with E-state index in [0.717, 1.165) is 51.4 Å². The Morgan fingerprint density at radius 3 is 2.41 bits per heavy atom. The number of anilines is 2. The van der Waals surface area contributed by atoms with Crippen molar-refractivity contribution >= 4 is 29.2 Å². The fraction of sp³-hybridized carbons (Fsp3) is 0.583. The predicted molar refractivity (Wildman–Crippen MR) is 180 cm³/mol. The normalized spacial score (nSPS) is 22.5. The van der Waals surface area contributed by atoms with Crippen LogP contribution in [0.2, 0.25) is 0 Å². The van der Waals surface area contributed by atoms with Crippen LogP contribution in [0.1, 0.15) is 82.5 Å². The molecule has 1 aliphatic heterocycles. The summed E-state index contributed by atoms with van der Waals surface area (Å²) in [5.74, 6) is -0.0540. The number of likely N-dealkylation sites (N-methyl/N-ethyl adjacent to an activating group) is 1. The number of nitrogens with zero attached hydrogens (tertiary/aromatic N) is 2. The summed E-state index contributed by atoms with van der Waals surface area (Å²) in [4.78, 5) is 43.7. The third-order valence-electron chi connectivity index (χ3n) is 9.12. The molecule has 4 rings (SSSR count). The highest BCUT2D eigenvalue weighted by Gasteiger charge is 2.31. The summed E-state index contributed by atoms with van der Waals surface area (Å²) in [5.41, 5.74) is 1.60. The second kappa shape index (κ2) is 17.3. The molecule has 0 aromatic heterocycles. The van der Waals surface area contributed by atoms with Gasteiger partial charge in [-0.1, -0.05) is 44.4 Å². The molecule has 10 heteroatoms. The highest BCUT2D eigenvalue weighted by molar-refractivity contribution is 6.00. The number of hydrogen-bond donors (Lipinski definition) is 3. The lowest BCUT2D eigenvalue weighted by Gasteiger charge is -2.35. The summed E-state index contributed by atoms with van der Waals surface area (Å²) in [6.07, 6.45) is 6.98. The number of carbonyl (C=O) groups is 3. The zero-order valence-electron chi connectivity index (χ0n) is 27.9. The molecule has 4 atom stereocenters. The molecule has 0 spiro atoms. The van der Waals surface area contributed by atoms with E-state index in [1.54, 1.807) is 42.0 Å². The van der Waals surface area contributed by atoms with Gasteiger partial charge >= 0.3 is 6.03 Å². The van der Waals surface area contributed by atoms with Crippen LogP contribution < -0.4 is 15.4 Å². The number of amides is 4. The fourth-order valence-electron chi connectivity index (χ4n) is 6.17. The molecule has 2 aliphatic rings. The molecule has 2 aromatic carbocycles. The number of aliphatic hydroxyl groups is 1. The maximum Gasteiger partial charge on any atom is 0.321 e. The van der Waals surface area contributed by atoms with Gasteiger partial charge in [-0.15, -0.1) is 0 Å². The van der Waals surface area contributed by atoms with Crippen molar-refractivity contribution in [1.29, 1.82) is 0 Å². The van der Waals surface area contributed by atoms with Crippen molar-refractivity contribution in [2.75, 3.05) is 44.0 Å². The molecular weight excluding hydrogens is 584 g/mol. The van der Waals surface area contributed by atoms with Crippen LogP contribution in [0.5, 0.6) is 5.75 Å². The molecule has 1 saturated carbocycles. The molecule has 252 valence electrons. The number of ether oxygens (including phenoxy) is 2. The van der Waals surface area contributed by atoms with E-state index in [2.05, 4.69) is 10.6 Å². The lowest BCUT2D eigenvalue weighted by atomic mass is 9.88. The summed E-state index contributed by atoms with van der Waals surface area (Å²) in [6, 6.07) is 13.8. The minimum absolute atomic E-state index is 0.0168. The van der Waals surface area contributed by atoms with Gasteiger partial charge in [-0.25, -0.2) is 4.79 Å². The quantitative estimate of drug-likeness (QED) is 0.335. The van der Waals surface area contributed by atoms with Crippen LogP contribution in [0, 0.1) is 11.8 Å². The van der Waals surface area contributed by atoms with Crippen LogP contribution in [0.15, 0.2) is 48.5 Å². The van der Waals surface area contributed by atoms with E-state index in [1.165, 1.54) is 0 Å². The minimum Gasteiger partial charge on any atom is -0.490 e. The zero-order valence-corrected chi connectivity index (χ0v) is 27.9. The Labute approximate surface area is 273 Å². The second-order valence-corrected chi connectivity index (χ2v) is 13.0. The highest BCUT2D eigenvalue weighted by Crippen LogP contribution is 2.30. The fourth-order valence-corrected chi connectivity index (χ4v) is 6.17. The van der Waals surface area contributed by atoms with Crippen LogP contribution in [0.4, 0.5) is 16.2 Å². The number of para-hydroxylation sites is 1. The number of carbonyl (C=O) groups excluding carboxylic acids is 3.